The Labute approximate surface area is 221 Å². The van der Waals surface area contributed by atoms with Crippen LogP contribution in [0.15, 0.2) is 0 Å². The molecule has 27 heavy (non-hydrogen) atoms. The fraction of sp³-hybridized carbons (Fsp3) is 0.920. The largest absolute Gasteiger partial charge is 0.358 e. The molecule has 0 heterocycles. The van der Waals surface area contributed by atoms with Crippen LogP contribution < -0.4 is 0 Å². The zero-order valence-electron chi connectivity index (χ0n) is 13.1. The summed E-state index contributed by atoms with van der Waals surface area (Å²) in [6, 6.07) is 0. The van der Waals surface area contributed by atoms with Crippen molar-refractivity contribution in [2.24, 2.45) is 54.1 Å². The van der Waals surface area contributed by atoms with Crippen molar-refractivity contribution in [3.05, 3.63) is 14.4 Å². The maximum Gasteiger partial charge on any atom is 0 e. The van der Waals surface area contributed by atoms with E-state index in [0.29, 0.717) is 0 Å². The molecule has 11 aliphatic rings. The standard InChI is InChI=1S/C10.C8H17.6CH4.CH3.2Y/c1-2-3(1)5(1)7(3)9(5)8-4(1,2)6(2,8)10(7,8)9;1-3-5-7-8-6-4-2;;;;;;;;;/h;1,3-8H2,2H3;6*1H4;1H3;;/q;-1;;;;;;;-1;;. The van der Waals surface area contributed by atoms with E-state index in [2.05, 4.69) is 13.8 Å². The minimum atomic E-state index is 0. The van der Waals surface area contributed by atoms with E-state index in [4.69, 9.17) is 0 Å². The van der Waals surface area contributed by atoms with Gasteiger partial charge in [-0.3, -0.25) is 0 Å². The van der Waals surface area contributed by atoms with Crippen molar-refractivity contribution in [1.29, 1.82) is 0 Å². The van der Waals surface area contributed by atoms with Crippen LogP contribution in [0.2, 0.25) is 0 Å². The Balaban J connectivity index is 0.000000209. The summed E-state index contributed by atoms with van der Waals surface area (Å²) in [6.45, 7) is 6.02. The normalized spacial score (nSPS) is 74.0. The number of rotatable bonds is 5. The van der Waals surface area contributed by atoms with Gasteiger partial charge in [-0.2, -0.15) is 6.42 Å². The summed E-state index contributed by atoms with van der Waals surface area (Å²) in [5.41, 5.74) is 12.5. The van der Waals surface area contributed by atoms with Crippen LogP contribution in [0.1, 0.15) is 90.0 Å². The molecule has 11 saturated carbocycles. The van der Waals surface area contributed by atoms with Gasteiger partial charge in [0.15, 0.2) is 0 Å². The molecule has 0 aromatic heterocycles. The summed E-state index contributed by atoms with van der Waals surface area (Å²) >= 11 is 0. The van der Waals surface area contributed by atoms with Crippen molar-refractivity contribution in [3.8, 4) is 0 Å². The Morgan fingerprint density at radius 2 is 0.704 bits per heavy atom. The molecule has 10 bridgehead atoms. The molecule has 11 aliphatic carbocycles. The zero-order chi connectivity index (χ0) is 11.2. The molecule has 0 atom stereocenters. The van der Waals surface area contributed by atoms with E-state index >= 15 is 0 Å². The SMILES string of the molecule is C.C.C.C.C.C.C123C45C16C21C62C16C17C34C51C276.[CH2-]CCCCCCC.[CH3-].[Y].[Y]. The van der Waals surface area contributed by atoms with Crippen molar-refractivity contribution < 1.29 is 65.4 Å². The summed E-state index contributed by atoms with van der Waals surface area (Å²) in [5.74, 6) is 0. The smallest absolute Gasteiger partial charge is 0 e. The Bertz CT molecular complexity index is 448. The number of hydrogen-bond donors (Lipinski definition) is 0. The topological polar surface area (TPSA) is 0 Å². The van der Waals surface area contributed by atoms with Crippen LogP contribution in [0, 0.1) is 68.5 Å². The summed E-state index contributed by atoms with van der Waals surface area (Å²) in [5, 5.41) is 0. The van der Waals surface area contributed by atoms with Gasteiger partial charge < -0.3 is 14.4 Å². The van der Waals surface area contributed by atoms with Gasteiger partial charge in [0.2, 0.25) is 0 Å². The minimum Gasteiger partial charge on any atom is -0.358 e. The quantitative estimate of drug-likeness (QED) is 0.260. The van der Waals surface area contributed by atoms with Crippen molar-refractivity contribution >= 4 is 0 Å². The van der Waals surface area contributed by atoms with Crippen molar-refractivity contribution in [2.45, 2.75) is 90.0 Å². The molecule has 0 unspecified atom stereocenters. The second-order valence-electron chi connectivity index (χ2n) is 9.77. The molecule has 0 N–H and O–H groups in total. The molecule has 11 rings (SSSR count). The summed E-state index contributed by atoms with van der Waals surface area (Å²) < 4.78 is 0. The summed E-state index contributed by atoms with van der Waals surface area (Å²) in [4.78, 5) is 0. The third-order valence-corrected chi connectivity index (χ3v) is 12.0. The first-order valence-electron chi connectivity index (χ1n) is 8.71. The minimum absolute atomic E-state index is 0. The van der Waals surface area contributed by atoms with E-state index in [0.717, 1.165) is 6.42 Å². The molecule has 2 radical (unpaired) electrons. The fourth-order valence-electron chi connectivity index (χ4n) is 14.2. The average molecular weight is 522 g/mol. The van der Waals surface area contributed by atoms with E-state index in [9.17, 15) is 0 Å². The van der Waals surface area contributed by atoms with Crippen LogP contribution in [-0.4, -0.2) is 0 Å². The third-order valence-electron chi connectivity index (χ3n) is 12.0. The molecule has 11 fully saturated rings. The molecule has 2 heteroatoms. The number of hydrogen-bond acceptors (Lipinski definition) is 0. The van der Waals surface area contributed by atoms with E-state index < -0.39 is 0 Å². The predicted octanol–water partition coefficient (Wildman–Crippen LogP) is 7.44. The molecule has 152 valence electrons. The Morgan fingerprint density at radius 3 is 0.889 bits per heavy atom. The maximum atomic E-state index is 3.78. The molecule has 0 aromatic carbocycles. The van der Waals surface area contributed by atoms with Gasteiger partial charge in [0, 0.05) is 120 Å². The van der Waals surface area contributed by atoms with E-state index in [1.807, 2.05) is 0 Å². The van der Waals surface area contributed by atoms with Crippen LogP contribution in [0.3, 0.4) is 0 Å². The number of unbranched alkanes of at least 4 members (excludes halogenated alkanes) is 5. The first-order chi connectivity index (χ1) is 8.91. The Kier molecular flexibility index (Phi) is 4.53. The first kappa shape index (κ1) is 27.2. The summed E-state index contributed by atoms with van der Waals surface area (Å²) in [6.07, 6.45) is 7.98. The van der Waals surface area contributed by atoms with Gasteiger partial charge in [0.1, 0.15) is 0 Å². The Hall–Kier alpha value is 2.21. The zero-order valence-corrected chi connectivity index (χ0v) is 18.8. The van der Waals surface area contributed by atoms with Gasteiger partial charge in [0.25, 0.3) is 0 Å². The van der Waals surface area contributed by atoms with Gasteiger partial charge in [-0.05, 0) is 0 Å². The molecule has 0 aromatic rings. The van der Waals surface area contributed by atoms with E-state index in [1.54, 1.807) is 0 Å². The van der Waals surface area contributed by atoms with Crippen molar-refractivity contribution in [1.82, 2.24) is 0 Å². The molecule has 0 aliphatic heterocycles. The monoisotopic (exact) mass is 522 g/mol. The van der Waals surface area contributed by atoms with Crippen LogP contribution in [0.5, 0.6) is 0 Å². The van der Waals surface area contributed by atoms with Crippen LogP contribution in [0.25, 0.3) is 0 Å². The van der Waals surface area contributed by atoms with Crippen molar-refractivity contribution in [3.63, 3.8) is 0 Å². The Morgan fingerprint density at radius 1 is 0.481 bits per heavy atom. The maximum absolute atomic E-state index is 3.78. The van der Waals surface area contributed by atoms with E-state index in [-0.39, 0.29) is 117 Å². The van der Waals surface area contributed by atoms with Crippen LogP contribution in [0.4, 0.5) is 0 Å². The molecule has 0 amide bonds. The predicted molar refractivity (Wildman–Crippen MR) is 110 cm³/mol. The van der Waals surface area contributed by atoms with Gasteiger partial charge in [-0.25, -0.2) is 0 Å². The summed E-state index contributed by atoms with van der Waals surface area (Å²) in [7, 11) is 0. The molecule has 4 spiro atoms. The van der Waals surface area contributed by atoms with Gasteiger partial charge in [-0.15, -0.1) is 0 Å². The first-order valence-corrected chi connectivity index (χ1v) is 8.71. The molecular weight excluding hydrogens is 478 g/mol. The molecule has 0 saturated heterocycles. The molecular formula is C25H44Y2-2. The fourth-order valence-corrected chi connectivity index (χ4v) is 14.2. The molecule has 0 nitrogen and oxygen atoms in total. The second kappa shape index (κ2) is 4.49. The van der Waals surface area contributed by atoms with Crippen molar-refractivity contribution in [2.75, 3.05) is 0 Å². The van der Waals surface area contributed by atoms with E-state index in [1.165, 1.54) is 86.3 Å². The van der Waals surface area contributed by atoms with Gasteiger partial charge >= 0.3 is 0 Å². The third kappa shape index (κ3) is 0.693. The van der Waals surface area contributed by atoms with Gasteiger partial charge in [0.05, 0.1) is 0 Å². The van der Waals surface area contributed by atoms with Crippen LogP contribution >= 0.6 is 0 Å². The van der Waals surface area contributed by atoms with Crippen LogP contribution in [-0.2, 0) is 65.4 Å². The second-order valence-corrected chi connectivity index (χ2v) is 9.77. The van der Waals surface area contributed by atoms with Gasteiger partial charge in [-0.1, -0.05) is 83.6 Å². The average Bonchev–Trinajstić information content (AvgIpc) is 3.05.